The van der Waals surface area contributed by atoms with E-state index >= 15 is 0 Å². The van der Waals surface area contributed by atoms with Crippen LogP contribution < -0.4 is 15.4 Å². The molecule has 2 amide bonds. The average Bonchev–Trinajstić information content (AvgIpc) is 2.75. The highest BCUT2D eigenvalue weighted by Crippen LogP contribution is 2.20. The highest BCUT2D eigenvalue weighted by molar-refractivity contribution is 6.06. The number of anilines is 1. The Morgan fingerprint density at radius 3 is 2.33 bits per heavy atom. The van der Waals surface area contributed by atoms with E-state index in [1.54, 1.807) is 24.3 Å². The number of benzene rings is 3. The lowest BCUT2D eigenvalue weighted by atomic mass is 10.0. The molecule has 0 saturated carbocycles. The lowest BCUT2D eigenvalue weighted by molar-refractivity contribution is -0.123. The van der Waals surface area contributed by atoms with Gasteiger partial charge >= 0.3 is 0 Å². The molecule has 3 rings (SSSR count). The molecule has 2 N–H and O–H groups in total. The molecular formula is C25H26N2O3. The molecule has 0 aromatic heterocycles. The Balaban J connectivity index is 1.60. The SMILES string of the molecule is Cc1ccc(C(C)NC(=O)COc2ccccc2C(=O)Nc2ccccc2)cc1C. The molecule has 0 aliphatic carbocycles. The van der Waals surface area contributed by atoms with Gasteiger partial charge in [-0.05, 0) is 61.7 Å². The zero-order chi connectivity index (χ0) is 21.5. The second-order valence-corrected chi connectivity index (χ2v) is 7.24. The Bertz CT molecular complexity index is 1030. The van der Waals surface area contributed by atoms with Crippen LogP contribution in [0.4, 0.5) is 5.69 Å². The number of para-hydroxylation sites is 2. The highest BCUT2D eigenvalue weighted by atomic mass is 16.5. The van der Waals surface area contributed by atoms with Crippen LogP contribution in [0.5, 0.6) is 5.75 Å². The van der Waals surface area contributed by atoms with Crippen molar-refractivity contribution in [1.82, 2.24) is 5.32 Å². The van der Waals surface area contributed by atoms with Crippen molar-refractivity contribution in [3.63, 3.8) is 0 Å². The molecule has 1 atom stereocenters. The molecule has 3 aromatic carbocycles. The number of carbonyl (C=O) groups excluding carboxylic acids is 2. The molecule has 5 nitrogen and oxygen atoms in total. The predicted molar refractivity (Wildman–Crippen MR) is 119 cm³/mol. The summed E-state index contributed by atoms with van der Waals surface area (Å²) in [6, 6.07) is 22.1. The van der Waals surface area contributed by atoms with Gasteiger partial charge in [-0.3, -0.25) is 9.59 Å². The molecule has 0 heterocycles. The first-order valence-corrected chi connectivity index (χ1v) is 9.89. The Labute approximate surface area is 177 Å². The molecule has 0 spiro atoms. The molecule has 0 saturated heterocycles. The van der Waals surface area contributed by atoms with Gasteiger partial charge in [0, 0.05) is 5.69 Å². The van der Waals surface area contributed by atoms with Gasteiger partial charge in [-0.15, -0.1) is 0 Å². The number of nitrogens with one attached hydrogen (secondary N) is 2. The molecule has 0 fully saturated rings. The summed E-state index contributed by atoms with van der Waals surface area (Å²) < 4.78 is 5.66. The van der Waals surface area contributed by atoms with Crippen molar-refractivity contribution in [3.8, 4) is 5.75 Å². The lowest BCUT2D eigenvalue weighted by Crippen LogP contribution is -2.31. The fourth-order valence-electron chi connectivity index (χ4n) is 3.04. The van der Waals surface area contributed by atoms with Crippen LogP contribution in [0.25, 0.3) is 0 Å². The van der Waals surface area contributed by atoms with Crippen molar-refractivity contribution >= 4 is 17.5 Å². The molecule has 0 aliphatic rings. The summed E-state index contributed by atoms with van der Waals surface area (Å²) in [4.78, 5) is 25.0. The maximum atomic E-state index is 12.6. The second kappa shape index (κ2) is 9.74. The van der Waals surface area contributed by atoms with Crippen LogP contribution in [0, 0.1) is 13.8 Å². The maximum Gasteiger partial charge on any atom is 0.259 e. The number of ether oxygens (including phenoxy) is 1. The monoisotopic (exact) mass is 402 g/mol. The number of hydrogen-bond acceptors (Lipinski definition) is 3. The first-order chi connectivity index (χ1) is 14.4. The van der Waals surface area contributed by atoms with Gasteiger partial charge < -0.3 is 15.4 Å². The van der Waals surface area contributed by atoms with Crippen molar-refractivity contribution in [2.45, 2.75) is 26.8 Å². The number of aryl methyl sites for hydroxylation is 2. The van der Waals surface area contributed by atoms with Crippen LogP contribution >= 0.6 is 0 Å². The number of hydrogen-bond donors (Lipinski definition) is 2. The van der Waals surface area contributed by atoms with Gasteiger partial charge in [0.2, 0.25) is 0 Å². The normalized spacial score (nSPS) is 11.4. The fourth-order valence-corrected chi connectivity index (χ4v) is 3.04. The van der Waals surface area contributed by atoms with E-state index in [-0.39, 0.29) is 24.5 Å². The minimum Gasteiger partial charge on any atom is -0.483 e. The summed E-state index contributed by atoms with van der Waals surface area (Å²) in [6.45, 7) is 5.86. The largest absolute Gasteiger partial charge is 0.483 e. The van der Waals surface area contributed by atoms with Crippen LogP contribution in [0.3, 0.4) is 0 Å². The molecule has 30 heavy (non-hydrogen) atoms. The predicted octanol–water partition coefficient (Wildman–Crippen LogP) is 4.81. The maximum absolute atomic E-state index is 12.6. The quantitative estimate of drug-likeness (QED) is 0.596. The van der Waals surface area contributed by atoms with Crippen molar-refractivity contribution in [2.75, 3.05) is 11.9 Å². The van der Waals surface area contributed by atoms with Gasteiger partial charge in [-0.1, -0.05) is 48.5 Å². The smallest absolute Gasteiger partial charge is 0.259 e. The second-order valence-electron chi connectivity index (χ2n) is 7.24. The molecule has 0 radical (unpaired) electrons. The Kier molecular flexibility index (Phi) is 6.86. The van der Waals surface area contributed by atoms with E-state index in [9.17, 15) is 9.59 Å². The van der Waals surface area contributed by atoms with Gasteiger partial charge in [0.05, 0.1) is 11.6 Å². The summed E-state index contributed by atoms with van der Waals surface area (Å²) in [6.07, 6.45) is 0. The topological polar surface area (TPSA) is 67.4 Å². The van der Waals surface area contributed by atoms with Gasteiger partial charge in [0.15, 0.2) is 6.61 Å². The number of amides is 2. The van der Waals surface area contributed by atoms with Gasteiger partial charge in [0.1, 0.15) is 5.75 Å². The van der Waals surface area contributed by atoms with Gasteiger partial charge in [-0.2, -0.15) is 0 Å². The summed E-state index contributed by atoms with van der Waals surface area (Å²) in [5.74, 6) is -0.181. The van der Waals surface area contributed by atoms with E-state index in [0.717, 1.165) is 5.56 Å². The molecule has 1 unspecified atom stereocenters. The van der Waals surface area contributed by atoms with Crippen LogP contribution in [-0.4, -0.2) is 18.4 Å². The molecule has 0 bridgehead atoms. The van der Waals surface area contributed by atoms with E-state index in [1.165, 1.54) is 11.1 Å². The Hall–Kier alpha value is -3.60. The summed E-state index contributed by atoms with van der Waals surface area (Å²) in [7, 11) is 0. The van der Waals surface area contributed by atoms with Crippen LogP contribution in [0.2, 0.25) is 0 Å². The van der Waals surface area contributed by atoms with Crippen LogP contribution in [0.1, 0.15) is 40.0 Å². The van der Waals surface area contributed by atoms with Crippen molar-refractivity contribution in [2.24, 2.45) is 0 Å². The van der Waals surface area contributed by atoms with Crippen LogP contribution in [-0.2, 0) is 4.79 Å². The van der Waals surface area contributed by atoms with E-state index < -0.39 is 0 Å². The van der Waals surface area contributed by atoms with E-state index in [0.29, 0.717) is 17.0 Å². The Morgan fingerprint density at radius 1 is 0.900 bits per heavy atom. The lowest BCUT2D eigenvalue weighted by Gasteiger charge is -2.17. The number of rotatable bonds is 7. The minimum absolute atomic E-state index is 0.142. The third-order valence-corrected chi connectivity index (χ3v) is 4.93. The first-order valence-electron chi connectivity index (χ1n) is 9.89. The molecule has 0 aliphatic heterocycles. The van der Waals surface area contributed by atoms with Crippen molar-refractivity contribution in [3.05, 3.63) is 95.1 Å². The third-order valence-electron chi connectivity index (χ3n) is 4.93. The average molecular weight is 402 g/mol. The van der Waals surface area contributed by atoms with E-state index in [4.69, 9.17) is 4.74 Å². The highest BCUT2D eigenvalue weighted by Gasteiger charge is 2.15. The van der Waals surface area contributed by atoms with E-state index in [1.807, 2.05) is 56.3 Å². The molecule has 5 heteroatoms. The van der Waals surface area contributed by atoms with Gasteiger partial charge in [-0.25, -0.2) is 0 Å². The molecular weight excluding hydrogens is 376 g/mol. The molecule has 3 aromatic rings. The fraction of sp³-hybridized carbons (Fsp3) is 0.200. The van der Waals surface area contributed by atoms with Crippen molar-refractivity contribution in [1.29, 1.82) is 0 Å². The van der Waals surface area contributed by atoms with Crippen molar-refractivity contribution < 1.29 is 14.3 Å². The standard InChI is InChI=1S/C25H26N2O3/c1-17-13-14-20(15-18(17)2)19(3)26-24(28)16-30-23-12-8-7-11-22(23)25(29)27-21-9-5-4-6-10-21/h4-15,19H,16H2,1-3H3,(H,26,28)(H,27,29). The summed E-state index contributed by atoms with van der Waals surface area (Å²) in [5, 5.41) is 5.77. The summed E-state index contributed by atoms with van der Waals surface area (Å²) in [5.41, 5.74) is 4.50. The first kappa shape index (κ1) is 21.1. The van der Waals surface area contributed by atoms with Gasteiger partial charge in [0.25, 0.3) is 11.8 Å². The summed E-state index contributed by atoms with van der Waals surface area (Å²) >= 11 is 0. The minimum atomic E-state index is -0.291. The Morgan fingerprint density at radius 2 is 1.60 bits per heavy atom. The number of carbonyl (C=O) groups is 2. The van der Waals surface area contributed by atoms with Crippen LogP contribution in [0.15, 0.2) is 72.8 Å². The zero-order valence-electron chi connectivity index (χ0n) is 17.4. The van der Waals surface area contributed by atoms with E-state index in [2.05, 4.69) is 23.6 Å². The zero-order valence-corrected chi connectivity index (χ0v) is 17.4. The third kappa shape index (κ3) is 5.47. The molecule has 154 valence electrons.